The molecule has 11 heteroatoms. The van der Waals surface area contributed by atoms with E-state index in [4.69, 9.17) is 18.7 Å². The highest BCUT2D eigenvalue weighted by Crippen LogP contribution is 2.37. The molecule has 0 radical (unpaired) electrons. The average Bonchev–Trinajstić information content (AvgIpc) is 3.27. The lowest BCUT2D eigenvalue weighted by Gasteiger charge is -2.28. The molecule has 3 atom stereocenters. The van der Waals surface area contributed by atoms with Gasteiger partial charge in [-0.1, -0.05) is 23.4 Å². The first kappa shape index (κ1) is 28.0. The van der Waals surface area contributed by atoms with Gasteiger partial charge < -0.3 is 18.7 Å². The molecule has 1 N–H and O–H groups in total. The number of hydrogen-bond acceptors (Lipinski definition) is 7. The maximum atomic E-state index is 13.4. The van der Waals surface area contributed by atoms with Gasteiger partial charge in [-0.25, -0.2) is 4.79 Å². The summed E-state index contributed by atoms with van der Waals surface area (Å²) in [5, 5.41) is 6.45. The van der Waals surface area contributed by atoms with Crippen LogP contribution < -0.4 is 10.1 Å². The minimum Gasteiger partial charge on any atom is -0.490 e. The van der Waals surface area contributed by atoms with Crippen molar-refractivity contribution >= 4 is 17.7 Å². The van der Waals surface area contributed by atoms with Crippen LogP contribution in [0.5, 0.6) is 5.75 Å². The number of carbonyl (C=O) groups excluding carboxylic acids is 2. The van der Waals surface area contributed by atoms with Gasteiger partial charge in [-0.3, -0.25) is 10.1 Å². The Morgan fingerprint density at radius 3 is 2.51 bits per heavy atom. The molecular formula is C28H29F3N2O6. The van der Waals surface area contributed by atoms with E-state index in [0.717, 1.165) is 25.3 Å². The Morgan fingerprint density at radius 1 is 1.10 bits per heavy atom. The highest BCUT2D eigenvalue weighted by atomic mass is 19.4. The Bertz CT molecular complexity index is 1310. The fourth-order valence-corrected chi connectivity index (χ4v) is 4.69. The summed E-state index contributed by atoms with van der Waals surface area (Å²) >= 11 is 0. The van der Waals surface area contributed by atoms with Crippen molar-refractivity contribution in [1.82, 2.24) is 5.16 Å². The third-order valence-corrected chi connectivity index (χ3v) is 6.66. The summed E-state index contributed by atoms with van der Waals surface area (Å²) in [6, 6.07) is 11.9. The molecule has 3 aromatic rings. The van der Waals surface area contributed by atoms with Gasteiger partial charge in [-0.2, -0.15) is 13.2 Å². The highest BCUT2D eigenvalue weighted by molar-refractivity contribution is 5.90. The Labute approximate surface area is 223 Å². The van der Waals surface area contributed by atoms with Crippen LogP contribution in [-0.2, 0) is 20.4 Å². The number of aromatic nitrogens is 1. The molecule has 0 spiro atoms. The number of rotatable bonds is 7. The minimum atomic E-state index is -4.58. The molecule has 1 saturated carbocycles. The lowest BCUT2D eigenvalue weighted by atomic mass is 9.87. The zero-order chi connectivity index (χ0) is 28.2. The van der Waals surface area contributed by atoms with Gasteiger partial charge in [0, 0.05) is 11.1 Å². The van der Waals surface area contributed by atoms with Crippen LogP contribution in [0, 0.1) is 12.8 Å². The number of nitrogens with zero attached hydrogens (tertiary/aromatic N) is 1. The van der Waals surface area contributed by atoms with Crippen LogP contribution in [0.2, 0.25) is 0 Å². The quantitative estimate of drug-likeness (QED) is 0.316. The Hall–Kier alpha value is -4.02. The predicted molar refractivity (Wildman–Crippen MR) is 135 cm³/mol. The van der Waals surface area contributed by atoms with E-state index < -0.39 is 23.9 Å². The van der Waals surface area contributed by atoms with Crippen molar-refractivity contribution in [2.45, 2.75) is 57.9 Å². The Kier molecular flexibility index (Phi) is 8.47. The molecule has 1 heterocycles. The van der Waals surface area contributed by atoms with Crippen LogP contribution in [0.25, 0.3) is 11.3 Å². The standard InChI is InChI=1S/C28H29F3N2O6/c1-16-24(32-27(35)37-17(2)22-9-4-5-10-23(22)28(29,30)31)25(39-33-16)18-11-13-20(14-12-18)38-21-8-6-7-19(15-21)26(34)36-3/h4-5,9-14,17,19,21H,6-8,15H2,1-3H3,(H,32,35)/t17-,19+,21+/m1/s1. The number of alkyl halides is 3. The van der Waals surface area contributed by atoms with Gasteiger partial charge in [0.2, 0.25) is 0 Å². The number of anilines is 1. The SMILES string of the molecule is COC(=O)[C@H]1CCC[C@H](Oc2ccc(-c3onc(C)c3NC(=O)O[C@H](C)c3ccccc3C(F)(F)F)cc2)C1. The summed E-state index contributed by atoms with van der Waals surface area (Å²) in [6.45, 7) is 2.98. The molecule has 39 heavy (non-hydrogen) atoms. The van der Waals surface area contributed by atoms with Gasteiger partial charge in [0.15, 0.2) is 5.76 Å². The maximum absolute atomic E-state index is 13.4. The first-order valence-electron chi connectivity index (χ1n) is 12.5. The van der Waals surface area contributed by atoms with Gasteiger partial charge >= 0.3 is 18.2 Å². The summed E-state index contributed by atoms with van der Waals surface area (Å²) in [6.07, 6.45) is -3.76. The zero-order valence-electron chi connectivity index (χ0n) is 21.7. The summed E-state index contributed by atoms with van der Waals surface area (Å²) in [4.78, 5) is 24.5. The van der Waals surface area contributed by atoms with Crippen molar-refractivity contribution in [3.8, 4) is 17.1 Å². The third kappa shape index (κ3) is 6.71. The molecule has 1 aliphatic rings. The molecule has 1 fully saturated rings. The number of amides is 1. The predicted octanol–water partition coefficient (Wildman–Crippen LogP) is 7.09. The molecule has 0 bridgehead atoms. The molecule has 0 aliphatic heterocycles. The van der Waals surface area contributed by atoms with Crippen molar-refractivity contribution < 1.29 is 41.5 Å². The number of ether oxygens (including phenoxy) is 3. The van der Waals surface area contributed by atoms with E-state index in [-0.39, 0.29) is 35.0 Å². The molecule has 1 aliphatic carbocycles. The summed E-state index contributed by atoms with van der Waals surface area (Å²) in [5.41, 5.74) is 0.155. The molecule has 1 amide bonds. The lowest BCUT2D eigenvalue weighted by molar-refractivity contribution is -0.147. The molecule has 0 unspecified atom stereocenters. The molecule has 2 aromatic carbocycles. The van der Waals surface area contributed by atoms with E-state index in [2.05, 4.69) is 10.5 Å². The number of methoxy groups -OCH3 is 1. The van der Waals surface area contributed by atoms with E-state index in [0.29, 0.717) is 23.4 Å². The largest absolute Gasteiger partial charge is 0.490 e. The molecule has 4 rings (SSSR count). The van der Waals surface area contributed by atoms with Gasteiger partial charge in [0.05, 0.1) is 24.7 Å². The number of benzene rings is 2. The van der Waals surface area contributed by atoms with Crippen LogP contribution in [0.4, 0.5) is 23.7 Å². The van der Waals surface area contributed by atoms with Crippen LogP contribution >= 0.6 is 0 Å². The summed E-state index contributed by atoms with van der Waals surface area (Å²) < 4.78 is 61.7. The van der Waals surface area contributed by atoms with Crippen LogP contribution in [0.3, 0.4) is 0 Å². The fraction of sp³-hybridized carbons (Fsp3) is 0.393. The van der Waals surface area contributed by atoms with Gasteiger partial charge in [0.1, 0.15) is 23.2 Å². The summed E-state index contributed by atoms with van der Waals surface area (Å²) in [5.74, 6) is 0.458. The van der Waals surface area contributed by atoms with Crippen LogP contribution in [0.15, 0.2) is 53.1 Å². The van der Waals surface area contributed by atoms with E-state index in [1.165, 1.54) is 32.2 Å². The highest BCUT2D eigenvalue weighted by Gasteiger charge is 2.35. The van der Waals surface area contributed by atoms with Crippen molar-refractivity contribution in [1.29, 1.82) is 0 Å². The number of carbonyl (C=O) groups is 2. The first-order valence-corrected chi connectivity index (χ1v) is 12.5. The smallest absolute Gasteiger partial charge is 0.416 e. The Morgan fingerprint density at radius 2 is 1.82 bits per heavy atom. The van der Waals surface area contributed by atoms with E-state index in [1.807, 2.05) is 0 Å². The molecule has 8 nitrogen and oxygen atoms in total. The molecular weight excluding hydrogens is 517 g/mol. The minimum absolute atomic E-state index is 0.113. The van der Waals surface area contributed by atoms with Crippen LogP contribution in [-0.4, -0.2) is 30.4 Å². The molecule has 0 saturated heterocycles. The fourth-order valence-electron chi connectivity index (χ4n) is 4.69. The third-order valence-electron chi connectivity index (χ3n) is 6.66. The monoisotopic (exact) mass is 546 g/mol. The first-order chi connectivity index (χ1) is 18.6. The number of nitrogens with one attached hydrogen (secondary N) is 1. The second kappa shape index (κ2) is 11.8. The van der Waals surface area contributed by atoms with Crippen molar-refractivity contribution in [3.63, 3.8) is 0 Å². The van der Waals surface area contributed by atoms with Crippen molar-refractivity contribution in [2.24, 2.45) is 5.92 Å². The Balaban J connectivity index is 1.42. The normalized spacial score (nSPS) is 18.2. The van der Waals surface area contributed by atoms with E-state index >= 15 is 0 Å². The number of esters is 1. The second-order valence-corrected chi connectivity index (χ2v) is 9.38. The van der Waals surface area contributed by atoms with Crippen molar-refractivity contribution in [2.75, 3.05) is 12.4 Å². The zero-order valence-corrected chi connectivity index (χ0v) is 21.7. The topological polar surface area (TPSA) is 99.9 Å². The number of hydrogen-bond donors (Lipinski definition) is 1. The van der Waals surface area contributed by atoms with Crippen molar-refractivity contribution in [3.05, 3.63) is 65.4 Å². The average molecular weight is 547 g/mol. The van der Waals surface area contributed by atoms with Gasteiger partial charge in [-0.05, 0) is 69.9 Å². The summed E-state index contributed by atoms with van der Waals surface area (Å²) in [7, 11) is 1.38. The lowest BCUT2D eigenvalue weighted by Crippen LogP contribution is -2.30. The second-order valence-electron chi connectivity index (χ2n) is 9.38. The van der Waals surface area contributed by atoms with E-state index in [9.17, 15) is 22.8 Å². The van der Waals surface area contributed by atoms with Gasteiger partial charge in [0.25, 0.3) is 0 Å². The number of aryl methyl sites for hydroxylation is 1. The van der Waals surface area contributed by atoms with Crippen LogP contribution in [0.1, 0.15) is 55.5 Å². The van der Waals surface area contributed by atoms with E-state index in [1.54, 1.807) is 31.2 Å². The van der Waals surface area contributed by atoms with Gasteiger partial charge in [-0.15, -0.1) is 0 Å². The molecule has 1 aromatic heterocycles. The number of halogens is 3. The molecule has 208 valence electrons. The maximum Gasteiger partial charge on any atom is 0.416 e.